The summed E-state index contributed by atoms with van der Waals surface area (Å²) in [5.74, 6) is 0. The zero-order valence-electron chi connectivity index (χ0n) is 10.2. The zero-order valence-corrected chi connectivity index (χ0v) is 11.1. The first-order valence-electron chi connectivity index (χ1n) is 6.41. The molecule has 0 amide bonds. The molecule has 2 aromatic carbocycles. The van der Waals surface area contributed by atoms with Crippen LogP contribution in [0.25, 0.3) is 0 Å². The highest BCUT2D eigenvalue weighted by molar-refractivity contribution is 7.46. The third-order valence-electron chi connectivity index (χ3n) is 3.70. The summed E-state index contributed by atoms with van der Waals surface area (Å²) in [6, 6.07) is 20.6. The molecular weight excluding hydrogens is 239 g/mol. The van der Waals surface area contributed by atoms with Crippen LogP contribution in [-0.4, -0.2) is 0 Å². The lowest BCUT2D eigenvalue weighted by Gasteiger charge is -2.01. The van der Waals surface area contributed by atoms with Crippen LogP contribution in [-0.2, 0) is 4.57 Å². The van der Waals surface area contributed by atoms with Crippen LogP contribution in [0.1, 0.15) is 35.3 Å². The Morgan fingerprint density at radius 1 is 0.722 bits per heavy atom. The topological polar surface area (TPSA) is 17.1 Å². The van der Waals surface area contributed by atoms with E-state index < -0.39 is 7.80 Å². The number of rotatable bonds is 2. The maximum Gasteiger partial charge on any atom is 0.354 e. The lowest BCUT2D eigenvalue weighted by atomic mass is 10.0. The first kappa shape index (κ1) is 11.6. The van der Waals surface area contributed by atoms with Gasteiger partial charge in [-0.2, -0.15) is 0 Å². The highest BCUT2D eigenvalue weighted by atomic mass is 31.1. The molecular formula is C16H16OP+. The van der Waals surface area contributed by atoms with E-state index in [1.165, 1.54) is 11.1 Å². The van der Waals surface area contributed by atoms with Gasteiger partial charge in [0.2, 0.25) is 0 Å². The van der Waals surface area contributed by atoms with Crippen molar-refractivity contribution in [3.63, 3.8) is 0 Å². The smallest absolute Gasteiger partial charge is 0.0734 e. The predicted octanol–water partition coefficient (Wildman–Crippen LogP) is 5.09. The molecule has 0 radical (unpaired) electrons. The highest BCUT2D eigenvalue weighted by Crippen LogP contribution is 2.62. The maximum absolute atomic E-state index is 12.7. The van der Waals surface area contributed by atoms with Crippen LogP contribution in [0.3, 0.4) is 0 Å². The Morgan fingerprint density at radius 2 is 1.11 bits per heavy atom. The summed E-state index contributed by atoms with van der Waals surface area (Å²) in [5.41, 5.74) is 2.95. The molecule has 1 nitrogen and oxygen atoms in total. The summed E-state index contributed by atoms with van der Waals surface area (Å²) >= 11 is 0. The fourth-order valence-electron chi connectivity index (χ4n) is 2.76. The van der Waals surface area contributed by atoms with Crippen LogP contribution in [0.4, 0.5) is 0 Å². The standard InChI is InChI=1S/C16H16OP/c17-18-15(13-7-3-1-4-8-13)11-12-16(18)14-9-5-2-6-10-14/h1-10,15-16H,11-12H2/q+1/t15-,16-/m1/s1. The molecule has 1 aliphatic heterocycles. The summed E-state index contributed by atoms with van der Waals surface area (Å²) in [7, 11) is -1.19. The van der Waals surface area contributed by atoms with Crippen molar-refractivity contribution in [1.82, 2.24) is 0 Å². The second-order valence-corrected chi connectivity index (χ2v) is 6.76. The summed E-state index contributed by atoms with van der Waals surface area (Å²) < 4.78 is 12.7. The average molecular weight is 255 g/mol. The minimum Gasteiger partial charge on any atom is -0.0734 e. The molecule has 1 aliphatic rings. The van der Waals surface area contributed by atoms with Gasteiger partial charge in [0.1, 0.15) is 0 Å². The largest absolute Gasteiger partial charge is 0.354 e. The van der Waals surface area contributed by atoms with Gasteiger partial charge in [0.05, 0.1) is 0 Å². The Hall–Kier alpha value is -1.46. The summed E-state index contributed by atoms with van der Waals surface area (Å²) in [5, 5.41) is 0. The lowest BCUT2D eigenvalue weighted by Crippen LogP contribution is -1.88. The van der Waals surface area contributed by atoms with Gasteiger partial charge in [-0.15, -0.1) is 0 Å². The first-order valence-corrected chi connectivity index (χ1v) is 7.81. The van der Waals surface area contributed by atoms with Gasteiger partial charge in [0, 0.05) is 24.0 Å². The van der Waals surface area contributed by atoms with Crippen LogP contribution >= 0.6 is 7.80 Å². The van der Waals surface area contributed by atoms with E-state index in [9.17, 15) is 4.57 Å². The van der Waals surface area contributed by atoms with Crippen molar-refractivity contribution < 1.29 is 4.57 Å². The normalized spacial score (nSPS) is 23.2. The molecule has 1 heterocycles. The van der Waals surface area contributed by atoms with Crippen molar-refractivity contribution in [3.8, 4) is 0 Å². The molecule has 0 N–H and O–H groups in total. The molecule has 0 unspecified atom stereocenters. The van der Waals surface area contributed by atoms with Gasteiger partial charge in [0.15, 0.2) is 11.3 Å². The maximum atomic E-state index is 12.7. The Labute approximate surface area is 109 Å². The van der Waals surface area contributed by atoms with E-state index in [1.54, 1.807) is 0 Å². The van der Waals surface area contributed by atoms with Crippen LogP contribution in [0.15, 0.2) is 60.7 Å². The summed E-state index contributed by atoms with van der Waals surface area (Å²) in [6.07, 6.45) is 2.08. The molecule has 1 fully saturated rings. The molecule has 3 rings (SSSR count). The monoisotopic (exact) mass is 255 g/mol. The fraction of sp³-hybridized carbons (Fsp3) is 0.250. The van der Waals surface area contributed by atoms with E-state index in [0.29, 0.717) is 0 Å². The third kappa shape index (κ3) is 2.11. The van der Waals surface area contributed by atoms with Crippen LogP contribution in [0.5, 0.6) is 0 Å². The summed E-state index contributed by atoms with van der Waals surface area (Å²) in [4.78, 5) is 0. The van der Waals surface area contributed by atoms with E-state index in [2.05, 4.69) is 24.3 Å². The van der Waals surface area contributed by atoms with E-state index >= 15 is 0 Å². The molecule has 90 valence electrons. The van der Waals surface area contributed by atoms with Gasteiger partial charge in [-0.25, -0.2) is 0 Å². The van der Waals surface area contributed by atoms with E-state index in [0.717, 1.165) is 12.8 Å². The van der Waals surface area contributed by atoms with Gasteiger partial charge in [0.25, 0.3) is 0 Å². The lowest BCUT2D eigenvalue weighted by molar-refractivity contribution is 0.581. The first-order chi connectivity index (χ1) is 8.86. The second-order valence-electron chi connectivity index (χ2n) is 4.79. The Balaban J connectivity index is 1.86. The molecule has 0 saturated carbocycles. The Bertz CT molecular complexity index is 486. The molecule has 1 saturated heterocycles. The van der Waals surface area contributed by atoms with Gasteiger partial charge in [-0.3, -0.25) is 0 Å². The second kappa shape index (κ2) is 5.04. The van der Waals surface area contributed by atoms with E-state index in [1.807, 2.05) is 36.4 Å². The summed E-state index contributed by atoms with van der Waals surface area (Å²) in [6.45, 7) is 0. The van der Waals surface area contributed by atoms with Gasteiger partial charge >= 0.3 is 7.80 Å². The molecule has 0 spiro atoms. The predicted molar refractivity (Wildman–Crippen MR) is 75.2 cm³/mol. The van der Waals surface area contributed by atoms with Gasteiger partial charge < -0.3 is 0 Å². The molecule has 0 aliphatic carbocycles. The van der Waals surface area contributed by atoms with Gasteiger partial charge in [-0.1, -0.05) is 65.2 Å². The van der Waals surface area contributed by atoms with Crippen LogP contribution in [0, 0.1) is 0 Å². The van der Waals surface area contributed by atoms with E-state index in [4.69, 9.17) is 0 Å². The number of hydrogen-bond acceptors (Lipinski definition) is 1. The Morgan fingerprint density at radius 3 is 1.50 bits per heavy atom. The minimum absolute atomic E-state index is 0.242. The van der Waals surface area contributed by atoms with Crippen molar-refractivity contribution in [2.45, 2.75) is 24.2 Å². The number of hydrogen-bond donors (Lipinski definition) is 0. The fourth-order valence-corrected chi connectivity index (χ4v) is 4.94. The molecule has 18 heavy (non-hydrogen) atoms. The van der Waals surface area contributed by atoms with E-state index in [-0.39, 0.29) is 11.3 Å². The van der Waals surface area contributed by atoms with Crippen molar-refractivity contribution in [2.75, 3.05) is 0 Å². The number of benzene rings is 2. The minimum atomic E-state index is -1.19. The Kier molecular flexibility index (Phi) is 3.25. The zero-order chi connectivity index (χ0) is 12.4. The SMILES string of the molecule is O=[P+]1[C@@H](c2ccccc2)CC[C@@H]1c1ccccc1. The van der Waals surface area contributed by atoms with Crippen molar-refractivity contribution >= 4 is 7.80 Å². The van der Waals surface area contributed by atoms with Crippen molar-refractivity contribution in [3.05, 3.63) is 71.8 Å². The molecule has 2 heteroatoms. The average Bonchev–Trinajstić information content (AvgIpc) is 2.83. The van der Waals surface area contributed by atoms with Crippen LogP contribution < -0.4 is 0 Å². The molecule has 0 aromatic heterocycles. The molecule has 2 atom stereocenters. The van der Waals surface area contributed by atoms with Gasteiger partial charge in [-0.05, 0) is 0 Å². The van der Waals surface area contributed by atoms with Crippen molar-refractivity contribution in [2.24, 2.45) is 0 Å². The third-order valence-corrected chi connectivity index (χ3v) is 6.04. The molecule has 0 bridgehead atoms. The van der Waals surface area contributed by atoms with Crippen LogP contribution in [0.2, 0.25) is 0 Å². The molecule has 2 aromatic rings. The van der Waals surface area contributed by atoms with Crippen molar-refractivity contribution in [1.29, 1.82) is 0 Å². The highest BCUT2D eigenvalue weighted by Gasteiger charge is 2.47. The quantitative estimate of drug-likeness (QED) is 0.683.